The van der Waals surface area contributed by atoms with Crippen LogP contribution in [0.3, 0.4) is 0 Å². The third-order valence-electron chi connectivity index (χ3n) is 5.69. The van der Waals surface area contributed by atoms with Gasteiger partial charge < -0.3 is 23.7 Å². The number of carbonyl (C=O) groups is 3. The van der Waals surface area contributed by atoms with Crippen molar-refractivity contribution in [3.8, 4) is 23.0 Å². The summed E-state index contributed by atoms with van der Waals surface area (Å²) in [7, 11) is -1.49. The van der Waals surface area contributed by atoms with Crippen molar-refractivity contribution in [2.75, 3.05) is 32.7 Å². The Balaban J connectivity index is 1.54. The van der Waals surface area contributed by atoms with Crippen LogP contribution in [0.15, 0.2) is 76.5 Å². The largest absolute Gasteiger partial charge is 0.493 e. The van der Waals surface area contributed by atoms with E-state index in [-0.39, 0.29) is 45.9 Å². The molecule has 214 valence electrons. The van der Waals surface area contributed by atoms with Gasteiger partial charge >= 0.3 is 10.1 Å². The lowest BCUT2D eigenvalue weighted by Gasteiger charge is -2.15. The number of amides is 3. The molecule has 3 amide bonds. The first-order valence-electron chi connectivity index (χ1n) is 12.1. The molecule has 13 heteroatoms. The van der Waals surface area contributed by atoms with Crippen LogP contribution in [0.25, 0.3) is 6.08 Å². The number of imide groups is 1. The van der Waals surface area contributed by atoms with E-state index in [1.807, 2.05) is 0 Å². The zero-order valence-electron chi connectivity index (χ0n) is 22.3. The van der Waals surface area contributed by atoms with Crippen LogP contribution in [0.1, 0.15) is 12.5 Å². The van der Waals surface area contributed by atoms with Crippen LogP contribution in [0, 0.1) is 0 Å². The van der Waals surface area contributed by atoms with Gasteiger partial charge in [0.1, 0.15) is 11.5 Å². The number of methoxy groups -OCH3 is 2. The van der Waals surface area contributed by atoms with Gasteiger partial charge in [0.05, 0.1) is 25.7 Å². The van der Waals surface area contributed by atoms with Gasteiger partial charge in [-0.2, -0.15) is 8.42 Å². The van der Waals surface area contributed by atoms with Crippen LogP contribution in [0.5, 0.6) is 23.0 Å². The van der Waals surface area contributed by atoms with Gasteiger partial charge in [-0.05, 0) is 60.3 Å². The summed E-state index contributed by atoms with van der Waals surface area (Å²) in [6.07, 6.45) is 1.37. The molecule has 0 aliphatic carbocycles. The number of rotatable bonds is 11. The van der Waals surface area contributed by atoms with Crippen LogP contribution >= 0.6 is 11.8 Å². The predicted octanol–water partition coefficient (Wildman–Crippen LogP) is 4.55. The van der Waals surface area contributed by atoms with E-state index in [1.54, 1.807) is 30.3 Å². The van der Waals surface area contributed by atoms with E-state index in [0.717, 1.165) is 4.90 Å². The molecule has 1 aliphatic rings. The second-order valence-corrected chi connectivity index (χ2v) is 11.0. The Hall–Kier alpha value is -4.49. The fourth-order valence-corrected chi connectivity index (χ4v) is 5.60. The summed E-state index contributed by atoms with van der Waals surface area (Å²) in [6.45, 7) is 1.37. The standard InChI is InChI=1S/C28H26N2O9S2/c1-18(31)29-20-11-13-21(14-12-20)41(34,35)39-26-19(7-6-10-24(26)37-3)17-25-27(32)30(28(33)40-25)15-16-38-23-9-5-4-8-22(23)36-2/h4-14,17H,15-16H2,1-3H3,(H,29,31)/b25-17-. The third kappa shape index (κ3) is 6.99. The highest BCUT2D eigenvalue weighted by Gasteiger charge is 2.35. The van der Waals surface area contributed by atoms with E-state index in [1.165, 1.54) is 63.6 Å². The molecule has 1 heterocycles. The number of benzene rings is 3. The van der Waals surface area contributed by atoms with Gasteiger partial charge in [0.15, 0.2) is 23.0 Å². The smallest absolute Gasteiger partial charge is 0.339 e. The van der Waals surface area contributed by atoms with Gasteiger partial charge in [-0.3, -0.25) is 19.3 Å². The normalized spacial score (nSPS) is 14.2. The van der Waals surface area contributed by atoms with E-state index in [0.29, 0.717) is 28.9 Å². The van der Waals surface area contributed by atoms with Crippen molar-refractivity contribution in [2.45, 2.75) is 11.8 Å². The first-order valence-corrected chi connectivity index (χ1v) is 14.4. The summed E-state index contributed by atoms with van der Waals surface area (Å²) < 4.78 is 47.9. The van der Waals surface area contributed by atoms with Crippen LogP contribution in [0.4, 0.5) is 10.5 Å². The molecule has 0 radical (unpaired) electrons. The maximum atomic E-state index is 13.1. The molecule has 1 saturated heterocycles. The van der Waals surface area contributed by atoms with E-state index in [9.17, 15) is 22.8 Å². The molecule has 0 spiro atoms. The molecule has 1 aliphatic heterocycles. The summed E-state index contributed by atoms with van der Waals surface area (Å²) in [4.78, 5) is 37.9. The zero-order valence-corrected chi connectivity index (χ0v) is 23.9. The van der Waals surface area contributed by atoms with Gasteiger partial charge in [0.2, 0.25) is 5.91 Å². The maximum Gasteiger partial charge on any atom is 0.339 e. The minimum atomic E-state index is -4.34. The van der Waals surface area contributed by atoms with Gasteiger partial charge in [-0.25, -0.2) is 0 Å². The molecule has 1 N–H and O–H groups in total. The van der Waals surface area contributed by atoms with Gasteiger partial charge in [-0.15, -0.1) is 0 Å². The maximum absolute atomic E-state index is 13.1. The Kier molecular flexibility index (Phi) is 9.20. The second kappa shape index (κ2) is 12.8. The average Bonchev–Trinajstić information content (AvgIpc) is 3.21. The van der Waals surface area contributed by atoms with Crippen LogP contribution in [-0.4, -0.2) is 57.7 Å². The quantitative estimate of drug-likeness (QED) is 0.247. The van der Waals surface area contributed by atoms with Gasteiger partial charge in [0, 0.05) is 18.2 Å². The molecule has 0 bridgehead atoms. The number of nitrogens with one attached hydrogen (secondary N) is 1. The summed E-state index contributed by atoms with van der Waals surface area (Å²) in [5, 5.41) is 2.06. The Morgan fingerprint density at radius 1 is 0.927 bits per heavy atom. The fourth-order valence-electron chi connectivity index (χ4n) is 3.78. The second-order valence-electron chi connectivity index (χ2n) is 8.45. The number of hydrogen-bond acceptors (Lipinski definition) is 10. The molecule has 0 saturated carbocycles. The SMILES string of the molecule is COc1ccccc1OCCN1C(=O)S/C(=C\c2cccc(OC)c2OS(=O)(=O)c2ccc(NC(C)=O)cc2)C1=O. The lowest BCUT2D eigenvalue weighted by atomic mass is 10.1. The van der Waals surface area contributed by atoms with Crippen molar-refractivity contribution in [3.05, 3.63) is 77.2 Å². The Morgan fingerprint density at radius 3 is 2.24 bits per heavy atom. The van der Waals surface area contributed by atoms with Crippen molar-refractivity contribution < 1.29 is 41.2 Å². The highest BCUT2D eigenvalue weighted by molar-refractivity contribution is 8.18. The molecule has 0 atom stereocenters. The molecular formula is C28H26N2O9S2. The number of nitrogens with zero attached hydrogens (tertiary/aromatic N) is 1. The summed E-state index contributed by atoms with van der Waals surface area (Å²) in [5.41, 5.74) is 0.622. The van der Waals surface area contributed by atoms with Crippen molar-refractivity contribution in [3.63, 3.8) is 0 Å². The Bertz CT molecular complexity index is 1600. The molecule has 11 nitrogen and oxygen atoms in total. The third-order valence-corrected chi connectivity index (χ3v) is 7.83. The number of thioether (sulfide) groups is 1. The van der Waals surface area contributed by atoms with Gasteiger partial charge in [-0.1, -0.05) is 24.3 Å². The van der Waals surface area contributed by atoms with Crippen LogP contribution in [-0.2, 0) is 19.7 Å². The lowest BCUT2D eigenvalue weighted by molar-refractivity contribution is -0.123. The number of ether oxygens (including phenoxy) is 3. The van der Waals surface area contributed by atoms with E-state index in [2.05, 4.69) is 5.32 Å². The molecule has 1 fully saturated rings. The molecule has 0 aromatic heterocycles. The number of carbonyl (C=O) groups excluding carboxylic acids is 3. The Labute approximate surface area is 241 Å². The van der Waals surface area contributed by atoms with E-state index < -0.39 is 21.3 Å². The van der Waals surface area contributed by atoms with Crippen LogP contribution < -0.4 is 23.7 Å². The fraction of sp³-hybridized carbons (Fsp3) is 0.179. The number of hydrogen-bond donors (Lipinski definition) is 1. The topological polar surface area (TPSA) is 138 Å². The number of anilines is 1. The minimum absolute atomic E-state index is 0.00954. The minimum Gasteiger partial charge on any atom is -0.493 e. The monoisotopic (exact) mass is 598 g/mol. The summed E-state index contributed by atoms with van der Waals surface area (Å²) in [6, 6.07) is 17.1. The Morgan fingerprint density at radius 2 is 1.59 bits per heavy atom. The van der Waals surface area contributed by atoms with Crippen molar-refractivity contribution in [1.29, 1.82) is 0 Å². The highest BCUT2D eigenvalue weighted by atomic mass is 32.2. The molecule has 4 rings (SSSR count). The van der Waals surface area contributed by atoms with Crippen molar-refractivity contribution in [2.24, 2.45) is 0 Å². The van der Waals surface area contributed by atoms with E-state index >= 15 is 0 Å². The van der Waals surface area contributed by atoms with E-state index in [4.69, 9.17) is 18.4 Å². The first kappa shape index (κ1) is 29.5. The first-order chi connectivity index (χ1) is 19.6. The highest BCUT2D eigenvalue weighted by Crippen LogP contribution is 2.38. The summed E-state index contributed by atoms with van der Waals surface area (Å²) in [5.74, 6) is 0.0685. The summed E-state index contributed by atoms with van der Waals surface area (Å²) >= 11 is 0.711. The molecule has 3 aromatic carbocycles. The number of para-hydroxylation sites is 3. The lowest BCUT2D eigenvalue weighted by Crippen LogP contribution is -2.32. The molecule has 3 aromatic rings. The van der Waals surface area contributed by atoms with Crippen molar-refractivity contribution in [1.82, 2.24) is 4.90 Å². The average molecular weight is 599 g/mol. The zero-order chi connectivity index (χ0) is 29.6. The predicted molar refractivity (Wildman–Crippen MR) is 153 cm³/mol. The van der Waals surface area contributed by atoms with Crippen molar-refractivity contribution >= 4 is 50.7 Å². The molecule has 41 heavy (non-hydrogen) atoms. The molecular weight excluding hydrogens is 572 g/mol. The van der Waals surface area contributed by atoms with Gasteiger partial charge in [0.25, 0.3) is 11.1 Å². The van der Waals surface area contributed by atoms with Crippen LogP contribution in [0.2, 0.25) is 0 Å². The molecule has 0 unspecified atom stereocenters.